The van der Waals surface area contributed by atoms with Crippen molar-refractivity contribution in [3.05, 3.63) is 83.8 Å². The van der Waals surface area contributed by atoms with Crippen molar-refractivity contribution in [2.75, 3.05) is 6.54 Å². The van der Waals surface area contributed by atoms with Crippen molar-refractivity contribution in [3.8, 4) is 28.7 Å². The first-order valence-electron chi connectivity index (χ1n) is 9.27. The molecule has 0 fully saturated rings. The van der Waals surface area contributed by atoms with E-state index in [-0.39, 0.29) is 0 Å². The second-order valence-corrected chi connectivity index (χ2v) is 6.60. The van der Waals surface area contributed by atoms with Crippen molar-refractivity contribution < 1.29 is 0 Å². The van der Waals surface area contributed by atoms with Gasteiger partial charge in [0.2, 0.25) is 0 Å². The normalized spacial score (nSPS) is 10.6. The van der Waals surface area contributed by atoms with Crippen LogP contribution in [0.3, 0.4) is 0 Å². The second-order valence-electron chi connectivity index (χ2n) is 6.60. The zero-order chi connectivity index (χ0) is 20.1. The van der Waals surface area contributed by atoms with Crippen molar-refractivity contribution in [2.45, 2.75) is 13.0 Å². The van der Waals surface area contributed by atoms with Crippen LogP contribution in [0.4, 0.5) is 0 Å². The van der Waals surface area contributed by atoms with Gasteiger partial charge in [-0.1, -0.05) is 35.5 Å². The Morgan fingerprint density at radius 1 is 1.03 bits per heavy atom. The summed E-state index contributed by atoms with van der Waals surface area (Å²) in [6.45, 7) is 1.01. The Bertz CT molecular complexity index is 1140. The Hall–Kier alpha value is -3.89. The summed E-state index contributed by atoms with van der Waals surface area (Å²) in [6, 6.07) is 17.6. The topological polar surface area (TPSA) is 106 Å². The van der Waals surface area contributed by atoms with E-state index in [1.54, 1.807) is 23.1 Å². The van der Waals surface area contributed by atoms with E-state index in [1.165, 1.54) is 0 Å². The molecule has 29 heavy (non-hydrogen) atoms. The molecule has 7 nitrogen and oxygen atoms in total. The van der Waals surface area contributed by atoms with Gasteiger partial charge < -0.3 is 5.73 Å². The lowest BCUT2D eigenvalue weighted by Crippen LogP contribution is -2.06. The SMILES string of the molecule is N#Cc1ccc(-c2ncc(CCN)cn2)c(Cn2cc(-c3ccccc3)nn2)c1. The molecule has 4 aromatic rings. The van der Waals surface area contributed by atoms with Gasteiger partial charge in [0.05, 0.1) is 24.4 Å². The standard InChI is InChI=1S/C22H19N7/c23-9-8-17-12-25-22(26-13-17)20-7-6-16(11-24)10-19(20)14-29-15-21(27-28-29)18-4-2-1-3-5-18/h1-7,10,12-13,15H,8-9,14,23H2. The van der Waals surface area contributed by atoms with Crippen LogP contribution in [-0.2, 0) is 13.0 Å². The lowest BCUT2D eigenvalue weighted by atomic mass is 10.0. The van der Waals surface area contributed by atoms with Crippen LogP contribution in [0.5, 0.6) is 0 Å². The highest BCUT2D eigenvalue weighted by molar-refractivity contribution is 5.62. The first-order chi connectivity index (χ1) is 14.3. The van der Waals surface area contributed by atoms with Crippen molar-refractivity contribution in [1.82, 2.24) is 25.0 Å². The molecule has 0 spiro atoms. The van der Waals surface area contributed by atoms with Crippen LogP contribution in [0.2, 0.25) is 0 Å². The maximum atomic E-state index is 9.31. The van der Waals surface area contributed by atoms with E-state index in [9.17, 15) is 5.26 Å². The highest BCUT2D eigenvalue weighted by Gasteiger charge is 2.12. The van der Waals surface area contributed by atoms with Gasteiger partial charge >= 0.3 is 0 Å². The Morgan fingerprint density at radius 3 is 2.55 bits per heavy atom. The van der Waals surface area contributed by atoms with Crippen LogP contribution in [0.25, 0.3) is 22.6 Å². The van der Waals surface area contributed by atoms with E-state index in [2.05, 4.69) is 26.3 Å². The van der Waals surface area contributed by atoms with Gasteiger partial charge in [0.25, 0.3) is 0 Å². The number of rotatable bonds is 6. The fourth-order valence-corrected chi connectivity index (χ4v) is 3.09. The summed E-state index contributed by atoms with van der Waals surface area (Å²) in [4.78, 5) is 8.97. The third-order valence-corrected chi connectivity index (χ3v) is 4.55. The quantitative estimate of drug-likeness (QED) is 0.550. The van der Waals surface area contributed by atoms with Crippen LogP contribution in [0, 0.1) is 11.3 Å². The maximum absolute atomic E-state index is 9.31. The van der Waals surface area contributed by atoms with Gasteiger partial charge in [-0.2, -0.15) is 5.26 Å². The molecular weight excluding hydrogens is 362 g/mol. The van der Waals surface area contributed by atoms with Crippen molar-refractivity contribution in [3.63, 3.8) is 0 Å². The van der Waals surface area contributed by atoms with Crippen molar-refractivity contribution >= 4 is 0 Å². The zero-order valence-corrected chi connectivity index (χ0v) is 15.7. The monoisotopic (exact) mass is 381 g/mol. The average Bonchev–Trinajstić information content (AvgIpc) is 3.24. The maximum Gasteiger partial charge on any atom is 0.159 e. The second kappa shape index (κ2) is 8.42. The Kier molecular flexibility index (Phi) is 5.36. The number of aromatic nitrogens is 5. The van der Waals surface area contributed by atoms with E-state index in [4.69, 9.17) is 5.73 Å². The van der Waals surface area contributed by atoms with E-state index in [0.717, 1.165) is 34.4 Å². The Morgan fingerprint density at radius 2 is 1.83 bits per heavy atom. The predicted molar refractivity (Wildman–Crippen MR) is 110 cm³/mol. The number of nitrogens with zero attached hydrogens (tertiary/aromatic N) is 6. The van der Waals surface area contributed by atoms with Crippen molar-refractivity contribution in [2.24, 2.45) is 5.73 Å². The fraction of sp³-hybridized carbons (Fsp3) is 0.136. The van der Waals surface area contributed by atoms with E-state index >= 15 is 0 Å². The van der Waals surface area contributed by atoms with Crippen LogP contribution >= 0.6 is 0 Å². The molecule has 0 unspecified atom stereocenters. The summed E-state index contributed by atoms with van der Waals surface area (Å²) in [5.74, 6) is 0.605. The first-order valence-corrected chi connectivity index (χ1v) is 9.27. The minimum absolute atomic E-state index is 0.457. The lowest BCUT2D eigenvalue weighted by molar-refractivity contribution is 0.650. The molecule has 2 heterocycles. The molecule has 7 heteroatoms. The number of nitriles is 1. The molecule has 0 saturated carbocycles. The minimum atomic E-state index is 0.457. The molecule has 2 aromatic carbocycles. The van der Waals surface area contributed by atoms with Gasteiger partial charge in [0, 0.05) is 23.5 Å². The zero-order valence-electron chi connectivity index (χ0n) is 15.7. The van der Waals surface area contributed by atoms with Crippen LogP contribution in [0.1, 0.15) is 16.7 Å². The summed E-state index contributed by atoms with van der Waals surface area (Å²) in [7, 11) is 0. The number of benzene rings is 2. The molecule has 0 bridgehead atoms. The largest absolute Gasteiger partial charge is 0.330 e. The van der Waals surface area contributed by atoms with Gasteiger partial charge in [-0.3, -0.25) is 0 Å². The van der Waals surface area contributed by atoms with Crippen LogP contribution in [-0.4, -0.2) is 31.5 Å². The fourth-order valence-electron chi connectivity index (χ4n) is 3.09. The van der Waals surface area contributed by atoms with E-state index in [0.29, 0.717) is 24.5 Å². The lowest BCUT2D eigenvalue weighted by Gasteiger charge is -2.09. The van der Waals surface area contributed by atoms with Crippen LogP contribution < -0.4 is 5.73 Å². The Labute approximate surface area is 168 Å². The molecule has 0 saturated heterocycles. The van der Waals surface area contributed by atoms with Gasteiger partial charge in [-0.25, -0.2) is 14.6 Å². The minimum Gasteiger partial charge on any atom is -0.330 e. The molecular formula is C22H19N7. The van der Waals surface area contributed by atoms with E-state index in [1.807, 2.05) is 48.7 Å². The molecule has 0 amide bonds. The average molecular weight is 381 g/mol. The summed E-state index contributed by atoms with van der Waals surface area (Å²) >= 11 is 0. The van der Waals surface area contributed by atoms with Gasteiger partial charge in [0.15, 0.2) is 5.82 Å². The molecule has 2 N–H and O–H groups in total. The van der Waals surface area contributed by atoms with Gasteiger partial charge in [0.1, 0.15) is 5.69 Å². The first kappa shape index (κ1) is 18.5. The molecule has 0 atom stereocenters. The third-order valence-electron chi connectivity index (χ3n) is 4.55. The molecule has 142 valence electrons. The molecule has 4 rings (SSSR count). The molecule has 0 radical (unpaired) electrons. The van der Waals surface area contributed by atoms with Crippen LogP contribution in [0.15, 0.2) is 67.1 Å². The van der Waals surface area contributed by atoms with Gasteiger partial charge in [-0.15, -0.1) is 5.10 Å². The third kappa shape index (κ3) is 4.18. The van der Waals surface area contributed by atoms with E-state index < -0.39 is 0 Å². The highest BCUT2D eigenvalue weighted by Crippen LogP contribution is 2.23. The number of hydrogen-bond donors (Lipinski definition) is 1. The molecule has 0 aliphatic carbocycles. The summed E-state index contributed by atoms with van der Waals surface area (Å²) in [6.07, 6.45) is 6.21. The van der Waals surface area contributed by atoms with Crippen molar-refractivity contribution in [1.29, 1.82) is 5.26 Å². The summed E-state index contributed by atoms with van der Waals surface area (Å²) < 4.78 is 1.76. The smallest absolute Gasteiger partial charge is 0.159 e. The number of hydrogen-bond acceptors (Lipinski definition) is 6. The molecule has 0 aliphatic heterocycles. The Balaban J connectivity index is 1.66. The van der Waals surface area contributed by atoms with Gasteiger partial charge in [-0.05, 0) is 42.3 Å². The predicted octanol–water partition coefficient (Wildman–Crippen LogP) is 2.82. The number of nitrogens with two attached hydrogens (primary N) is 1. The molecule has 2 aromatic heterocycles. The summed E-state index contributed by atoms with van der Waals surface area (Å²) in [5.41, 5.74) is 10.7. The summed E-state index contributed by atoms with van der Waals surface area (Å²) in [5, 5.41) is 17.8. The molecule has 0 aliphatic rings. The highest BCUT2D eigenvalue weighted by atomic mass is 15.4.